The molecule has 0 spiro atoms. The predicted octanol–water partition coefficient (Wildman–Crippen LogP) is 0.438. The van der Waals surface area contributed by atoms with Crippen LogP contribution < -0.4 is 4.74 Å². The highest BCUT2D eigenvalue weighted by Crippen LogP contribution is 2.25. The van der Waals surface area contributed by atoms with Crippen molar-refractivity contribution in [3.63, 3.8) is 0 Å². The number of hydrogen-bond acceptors (Lipinski definition) is 5. The van der Waals surface area contributed by atoms with Gasteiger partial charge in [0.1, 0.15) is 11.4 Å². The maximum absolute atomic E-state index is 9.28. The Balaban J connectivity index is 2.49. The number of nitrogens with zero attached hydrogens (tertiary/aromatic N) is 3. The van der Waals surface area contributed by atoms with Crippen molar-refractivity contribution in [2.75, 3.05) is 13.7 Å². The lowest BCUT2D eigenvalue weighted by Crippen LogP contribution is -2.06. The summed E-state index contributed by atoms with van der Waals surface area (Å²) in [6, 6.07) is 7.41. The minimum atomic E-state index is -0.196. The van der Waals surface area contributed by atoms with E-state index < -0.39 is 0 Å². The van der Waals surface area contributed by atoms with E-state index >= 15 is 0 Å². The highest BCUT2D eigenvalue weighted by atomic mass is 16.5. The molecule has 0 atom stereocenters. The molecule has 1 aromatic heterocycles. The van der Waals surface area contributed by atoms with Gasteiger partial charge in [0.25, 0.3) is 0 Å². The number of ether oxygens (including phenoxy) is 1. The molecule has 2 rings (SSSR count). The maximum Gasteiger partial charge on any atom is 0.119 e. The first-order valence-corrected chi connectivity index (χ1v) is 5.58. The Morgan fingerprint density at radius 1 is 1.33 bits per heavy atom. The van der Waals surface area contributed by atoms with Crippen LogP contribution in [0.3, 0.4) is 0 Å². The van der Waals surface area contributed by atoms with Crippen molar-refractivity contribution in [1.82, 2.24) is 15.0 Å². The zero-order chi connectivity index (χ0) is 13.0. The summed E-state index contributed by atoms with van der Waals surface area (Å²) in [6.07, 6.45) is 0. The molecule has 0 aliphatic rings. The predicted molar refractivity (Wildman–Crippen MR) is 65.0 cm³/mol. The van der Waals surface area contributed by atoms with Gasteiger partial charge in [-0.1, -0.05) is 17.3 Å². The van der Waals surface area contributed by atoms with Gasteiger partial charge in [0.05, 0.1) is 32.6 Å². The second-order valence-corrected chi connectivity index (χ2v) is 3.72. The largest absolute Gasteiger partial charge is 0.497 e. The van der Waals surface area contributed by atoms with E-state index in [4.69, 9.17) is 9.84 Å². The van der Waals surface area contributed by atoms with E-state index in [1.54, 1.807) is 11.8 Å². The molecule has 0 unspecified atom stereocenters. The number of hydrogen-bond donors (Lipinski definition) is 2. The number of aliphatic hydroxyl groups excluding tert-OH is 2. The standard InChI is InChI=1S/C12H15N3O3/c1-18-10-4-2-3-9(7-10)12-11(8-17)13-14-15(12)5-6-16/h2-4,7,16-17H,5-6,8H2,1H3. The van der Waals surface area contributed by atoms with Crippen molar-refractivity contribution in [2.45, 2.75) is 13.2 Å². The first kappa shape index (κ1) is 12.5. The molecular weight excluding hydrogens is 234 g/mol. The third kappa shape index (κ3) is 2.34. The van der Waals surface area contributed by atoms with Gasteiger partial charge < -0.3 is 14.9 Å². The summed E-state index contributed by atoms with van der Waals surface area (Å²) in [5.41, 5.74) is 2.03. The maximum atomic E-state index is 9.28. The summed E-state index contributed by atoms with van der Waals surface area (Å²) < 4.78 is 6.73. The van der Waals surface area contributed by atoms with Gasteiger partial charge in [-0.2, -0.15) is 0 Å². The van der Waals surface area contributed by atoms with Crippen LogP contribution in [0.15, 0.2) is 24.3 Å². The average molecular weight is 249 g/mol. The summed E-state index contributed by atoms with van der Waals surface area (Å²) >= 11 is 0. The van der Waals surface area contributed by atoms with Crippen molar-refractivity contribution in [1.29, 1.82) is 0 Å². The van der Waals surface area contributed by atoms with Gasteiger partial charge in [-0.25, -0.2) is 4.68 Å². The van der Waals surface area contributed by atoms with Gasteiger partial charge in [0, 0.05) is 5.56 Å². The second-order valence-electron chi connectivity index (χ2n) is 3.72. The molecule has 1 heterocycles. The number of rotatable bonds is 5. The van der Waals surface area contributed by atoms with Crippen LogP contribution in [0.25, 0.3) is 11.3 Å². The van der Waals surface area contributed by atoms with E-state index in [9.17, 15) is 5.11 Å². The summed E-state index contributed by atoms with van der Waals surface area (Å²) in [6.45, 7) is 0.0999. The van der Waals surface area contributed by atoms with Crippen molar-refractivity contribution in [2.24, 2.45) is 0 Å². The fraction of sp³-hybridized carbons (Fsp3) is 0.333. The molecule has 6 heteroatoms. The minimum absolute atomic E-state index is 0.0365. The van der Waals surface area contributed by atoms with Gasteiger partial charge in [-0.15, -0.1) is 5.10 Å². The van der Waals surface area contributed by atoms with Crippen LogP contribution in [0.5, 0.6) is 5.75 Å². The fourth-order valence-electron chi connectivity index (χ4n) is 1.79. The number of aliphatic hydroxyl groups is 2. The molecule has 2 N–H and O–H groups in total. The van der Waals surface area contributed by atoms with Gasteiger partial charge >= 0.3 is 0 Å². The van der Waals surface area contributed by atoms with E-state index in [2.05, 4.69) is 10.3 Å². The number of aromatic nitrogens is 3. The number of benzene rings is 1. The van der Waals surface area contributed by atoms with Crippen molar-refractivity contribution < 1.29 is 14.9 Å². The smallest absolute Gasteiger partial charge is 0.119 e. The van der Waals surface area contributed by atoms with Crippen LogP contribution in [0.2, 0.25) is 0 Å². The molecule has 0 radical (unpaired) electrons. The van der Waals surface area contributed by atoms with E-state index in [1.165, 1.54) is 0 Å². The van der Waals surface area contributed by atoms with Gasteiger partial charge in [-0.05, 0) is 12.1 Å². The van der Waals surface area contributed by atoms with Crippen molar-refractivity contribution in [3.05, 3.63) is 30.0 Å². The molecule has 0 aliphatic heterocycles. The van der Waals surface area contributed by atoms with E-state index in [-0.39, 0.29) is 13.2 Å². The van der Waals surface area contributed by atoms with Crippen LogP contribution in [0.4, 0.5) is 0 Å². The number of methoxy groups -OCH3 is 1. The normalized spacial score (nSPS) is 10.6. The molecule has 2 aromatic rings. The molecule has 0 bridgehead atoms. The Morgan fingerprint density at radius 3 is 2.83 bits per heavy atom. The third-order valence-corrected chi connectivity index (χ3v) is 2.61. The van der Waals surface area contributed by atoms with Crippen LogP contribution in [0, 0.1) is 0 Å². The zero-order valence-corrected chi connectivity index (χ0v) is 10.1. The van der Waals surface area contributed by atoms with Gasteiger partial charge in [0.2, 0.25) is 0 Å². The van der Waals surface area contributed by atoms with Crippen molar-refractivity contribution >= 4 is 0 Å². The Kier molecular flexibility index (Phi) is 3.91. The first-order valence-electron chi connectivity index (χ1n) is 5.58. The Labute approximate surface area is 104 Å². The first-order chi connectivity index (χ1) is 8.80. The highest BCUT2D eigenvalue weighted by Gasteiger charge is 2.14. The van der Waals surface area contributed by atoms with Crippen LogP contribution in [-0.2, 0) is 13.2 Å². The topological polar surface area (TPSA) is 80.4 Å². The third-order valence-electron chi connectivity index (χ3n) is 2.61. The van der Waals surface area contributed by atoms with Crippen LogP contribution in [0.1, 0.15) is 5.69 Å². The second kappa shape index (κ2) is 5.61. The van der Waals surface area contributed by atoms with Crippen LogP contribution >= 0.6 is 0 Å². The molecule has 0 amide bonds. The summed E-state index contributed by atoms with van der Waals surface area (Å²) in [5.74, 6) is 0.716. The minimum Gasteiger partial charge on any atom is -0.497 e. The monoisotopic (exact) mass is 249 g/mol. The summed E-state index contributed by atoms with van der Waals surface area (Å²) in [5, 5.41) is 26.1. The fourth-order valence-corrected chi connectivity index (χ4v) is 1.79. The lowest BCUT2D eigenvalue weighted by molar-refractivity contribution is 0.268. The molecule has 0 saturated carbocycles. The van der Waals surface area contributed by atoms with E-state index in [1.807, 2.05) is 24.3 Å². The Bertz CT molecular complexity index is 525. The molecule has 96 valence electrons. The molecule has 1 aromatic carbocycles. The molecule has 0 aliphatic carbocycles. The lowest BCUT2D eigenvalue weighted by Gasteiger charge is -2.08. The van der Waals surface area contributed by atoms with E-state index in [0.29, 0.717) is 23.7 Å². The van der Waals surface area contributed by atoms with Gasteiger partial charge in [-0.3, -0.25) is 0 Å². The molecule has 0 saturated heterocycles. The molecular formula is C12H15N3O3. The van der Waals surface area contributed by atoms with Crippen LogP contribution in [-0.4, -0.2) is 38.9 Å². The summed E-state index contributed by atoms with van der Waals surface area (Å²) in [4.78, 5) is 0. The molecule has 0 fully saturated rings. The zero-order valence-electron chi connectivity index (χ0n) is 10.1. The van der Waals surface area contributed by atoms with Crippen molar-refractivity contribution in [3.8, 4) is 17.0 Å². The summed E-state index contributed by atoms with van der Waals surface area (Å²) in [7, 11) is 1.59. The Morgan fingerprint density at radius 2 is 2.17 bits per heavy atom. The molecule has 18 heavy (non-hydrogen) atoms. The quantitative estimate of drug-likeness (QED) is 0.803. The average Bonchev–Trinajstić information content (AvgIpc) is 2.82. The van der Waals surface area contributed by atoms with Gasteiger partial charge in [0.15, 0.2) is 0 Å². The van der Waals surface area contributed by atoms with E-state index in [0.717, 1.165) is 5.56 Å². The lowest BCUT2D eigenvalue weighted by atomic mass is 10.1. The highest BCUT2D eigenvalue weighted by molar-refractivity contribution is 5.63. The molecule has 6 nitrogen and oxygen atoms in total. The SMILES string of the molecule is COc1cccc(-c2c(CO)nnn2CCO)c1. The Hall–Kier alpha value is -1.92.